The Morgan fingerprint density at radius 1 is 1.07 bits per heavy atom. The minimum absolute atomic E-state index is 0.208. The minimum atomic E-state index is -3.72. The zero-order valence-electron chi connectivity index (χ0n) is 16.4. The number of morpholine rings is 1. The Hall–Kier alpha value is -2.00. The van der Waals surface area contributed by atoms with Crippen molar-refractivity contribution >= 4 is 26.7 Å². The monoisotopic (exact) mass is 417 g/mol. The molecule has 156 valence electrons. The number of fused-ring (bicyclic) bond motifs is 1. The molecular formula is C21H27N3O4S. The van der Waals surface area contributed by atoms with Gasteiger partial charge in [0.1, 0.15) is 6.04 Å². The fourth-order valence-electron chi connectivity index (χ4n) is 4.03. The minimum Gasteiger partial charge on any atom is -0.379 e. The summed E-state index contributed by atoms with van der Waals surface area (Å²) in [6.45, 7) is 4.79. The third kappa shape index (κ3) is 4.45. The molecule has 1 atom stereocenters. The number of nitrogens with one attached hydrogen (secondary N) is 1. The lowest BCUT2D eigenvalue weighted by Gasteiger charge is -2.27. The molecular weight excluding hydrogens is 390 g/mol. The quantitative estimate of drug-likeness (QED) is 0.770. The van der Waals surface area contributed by atoms with E-state index >= 15 is 0 Å². The average Bonchev–Trinajstić information content (AvgIpc) is 3.25. The maximum atomic E-state index is 13.2. The summed E-state index contributed by atoms with van der Waals surface area (Å²) in [7, 11) is -3.72. The van der Waals surface area contributed by atoms with E-state index in [1.54, 1.807) is 12.1 Å². The number of carbonyl (C=O) groups excluding carboxylic acids is 1. The molecule has 0 aromatic heterocycles. The highest BCUT2D eigenvalue weighted by molar-refractivity contribution is 7.89. The van der Waals surface area contributed by atoms with Crippen LogP contribution < -0.4 is 5.32 Å². The molecule has 2 aromatic rings. The Morgan fingerprint density at radius 2 is 1.83 bits per heavy atom. The first-order valence-corrected chi connectivity index (χ1v) is 11.6. The first kappa shape index (κ1) is 20.3. The van der Waals surface area contributed by atoms with Gasteiger partial charge in [0.25, 0.3) is 0 Å². The third-order valence-corrected chi connectivity index (χ3v) is 7.57. The summed E-state index contributed by atoms with van der Waals surface area (Å²) in [5.41, 5.74) is 0. The van der Waals surface area contributed by atoms with Gasteiger partial charge in [-0.25, -0.2) is 8.42 Å². The van der Waals surface area contributed by atoms with E-state index in [2.05, 4.69) is 10.2 Å². The number of sulfonamides is 1. The van der Waals surface area contributed by atoms with Crippen LogP contribution in [0.25, 0.3) is 10.8 Å². The Kier molecular flexibility index (Phi) is 6.15. The lowest BCUT2D eigenvalue weighted by Crippen LogP contribution is -2.48. The number of ether oxygens (including phenoxy) is 1. The smallest absolute Gasteiger partial charge is 0.243 e. The number of hydrogen-bond acceptors (Lipinski definition) is 5. The van der Waals surface area contributed by atoms with E-state index in [1.807, 2.05) is 30.3 Å². The summed E-state index contributed by atoms with van der Waals surface area (Å²) < 4.78 is 33.2. The van der Waals surface area contributed by atoms with E-state index < -0.39 is 16.1 Å². The zero-order chi connectivity index (χ0) is 20.3. The summed E-state index contributed by atoms with van der Waals surface area (Å²) in [6.07, 6.45) is 1.24. The van der Waals surface area contributed by atoms with Gasteiger partial charge < -0.3 is 10.1 Å². The molecule has 2 aliphatic rings. The first-order valence-electron chi connectivity index (χ1n) is 10.1. The third-order valence-electron chi connectivity index (χ3n) is 5.66. The maximum Gasteiger partial charge on any atom is 0.243 e. The molecule has 2 fully saturated rings. The maximum absolute atomic E-state index is 13.2. The van der Waals surface area contributed by atoms with E-state index in [9.17, 15) is 13.2 Å². The zero-order valence-corrected chi connectivity index (χ0v) is 17.2. The molecule has 1 unspecified atom stereocenters. The second-order valence-corrected chi connectivity index (χ2v) is 9.42. The molecule has 0 aliphatic carbocycles. The number of carbonyl (C=O) groups is 1. The van der Waals surface area contributed by atoms with E-state index in [-0.39, 0.29) is 10.8 Å². The summed E-state index contributed by atoms with van der Waals surface area (Å²) in [6, 6.07) is 12.2. The van der Waals surface area contributed by atoms with Crippen molar-refractivity contribution in [3.05, 3.63) is 42.5 Å². The molecule has 2 saturated heterocycles. The van der Waals surface area contributed by atoms with E-state index in [0.717, 1.165) is 30.4 Å². The molecule has 8 heteroatoms. The van der Waals surface area contributed by atoms with Gasteiger partial charge in [-0.15, -0.1) is 0 Å². The molecule has 1 N–H and O–H groups in total. The van der Waals surface area contributed by atoms with Gasteiger partial charge in [0.05, 0.1) is 18.1 Å². The van der Waals surface area contributed by atoms with Crippen molar-refractivity contribution in [2.45, 2.75) is 23.8 Å². The average molecular weight is 418 g/mol. The van der Waals surface area contributed by atoms with Crippen molar-refractivity contribution < 1.29 is 17.9 Å². The van der Waals surface area contributed by atoms with Gasteiger partial charge in [0.15, 0.2) is 0 Å². The van der Waals surface area contributed by atoms with E-state index in [1.165, 1.54) is 4.31 Å². The highest BCUT2D eigenvalue weighted by Crippen LogP contribution is 2.28. The molecule has 0 bridgehead atoms. The van der Waals surface area contributed by atoms with Crippen molar-refractivity contribution in [2.24, 2.45) is 0 Å². The van der Waals surface area contributed by atoms with Gasteiger partial charge in [0.2, 0.25) is 15.9 Å². The Balaban J connectivity index is 1.43. The van der Waals surface area contributed by atoms with Crippen LogP contribution in [0, 0.1) is 0 Å². The van der Waals surface area contributed by atoms with Crippen molar-refractivity contribution in [3.8, 4) is 0 Å². The molecule has 2 aliphatic heterocycles. The Labute approximate surface area is 171 Å². The largest absolute Gasteiger partial charge is 0.379 e. The topological polar surface area (TPSA) is 79.0 Å². The number of benzene rings is 2. The second-order valence-electron chi connectivity index (χ2n) is 7.53. The summed E-state index contributed by atoms with van der Waals surface area (Å²) >= 11 is 0. The van der Waals surface area contributed by atoms with E-state index in [4.69, 9.17) is 4.74 Å². The van der Waals surface area contributed by atoms with Crippen LogP contribution in [0.3, 0.4) is 0 Å². The lowest BCUT2D eigenvalue weighted by molar-refractivity contribution is -0.124. The normalized spacial score (nSPS) is 21.4. The predicted molar refractivity (Wildman–Crippen MR) is 111 cm³/mol. The lowest BCUT2D eigenvalue weighted by atomic mass is 10.1. The molecule has 2 aromatic carbocycles. The van der Waals surface area contributed by atoms with Gasteiger partial charge in [-0.05, 0) is 35.7 Å². The summed E-state index contributed by atoms with van der Waals surface area (Å²) in [5, 5.41) is 4.79. The van der Waals surface area contributed by atoms with Crippen LogP contribution in [-0.2, 0) is 19.6 Å². The van der Waals surface area contributed by atoms with Crippen molar-refractivity contribution in [2.75, 3.05) is 45.9 Å². The molecule has 4 rings (SSSR count). The number of rotatable bonds is 6. The molecule has 1 amide bonds. The molecule has 0 spiro atoms. The van der Waals surface area contributed by atoms with Gasteiger partial charge in [-0.2, -0.15) is 4.31 Å². The van der Waals surface area contributed by atoms with Crippen LogP contribution in [0.1, 0.15) is 12.8 Å². The van der Waals surface area contributed by atoms with Crippen LogP contribution in [0.2, 0.25) is 0 Å². The second kappa shape index (κ2) is 8.79. The molecule has 7 nitrogen and oxygen atoms in total. The highest BCUT2D eigenvalue weighted by Gasteiger charge is 2.39. The van der Waals surface area contributed by atoms with Crippen LogP contribution in [-0.4, -0.2) is 75.5 Å². The number of amides is 1. The van der Waals surface area contributed by atoms with Crippen molar-refractivity contribution in [1.82, 2.24) is 14.5 Å². The van der Waals surface area contributed by atoms with Gasteiger partial charge in [0, 0.05) is 32.7 Å². The summed E-state index contributed by atoms with van der Waals surface area (Å²) in [5.74, 6) is -0.208. The van der Waals surface area contributed by atoms with Crippen LogP contribution in [0.5, 0.6) is 0 Å². The molecule has 0 saturated carbocycles. The predicted octanol–water partition coefficient (Wildman–Crippen LogP) is 1.44. The SMILES string of the molecule is O=C(NCCN1CCOCC1)C1CCCN1S(=O)(=O)c1ccc2ccccc2c1. The van der Waals surface area contributed by atoms with Gasteiger partial charge >= 0.3 is 0 Å². The van der Waals surface area contributed by atoms with Crippen LogP contribution in [0.4, 0.5) is 0 Å². The number of hydrogen-bond donors (Lipinski definition) is 1. The molecule has 29 heavy (non-hydrogen) atoms. The Bertz CT molecular complexity index is 973. The van der Waals surface area contributed by atoms with E-state index in [0.29, 0.717) is 39.1 Å². The van der Waals surface area contributed by atoms with Crippen LogP contribution in [0.15, 0.2) is 47.4 Å². The van der Waals surface area contributed by atoms with Crippen molar-refractivity contribution in [1.29, 1.82) is 0 Å². The summed E-state index contributed by atoms with van der Waals surface area (Å²) in [4.78, 5) is 15.2. The fourth-order valence-corrected chi connectivity index (χ4v) is 5.73. The number of nitrogens with zero attached hydrogens (tertiary/aromatic N) is 2. The first-order chi connectivity index (χ1) is 14.1. The molecule has 0 radical (unpaired) electrons. The van der Waals surface area contributed by atoms with Gasteiger partial charge in [-0.1, -0.05) is 30.3 Å². The standard InChI is InChI=1S/C21H27N3O4S/c25-21(22-9-11-23-12-14-28-15-13-23)20-6-3-10-24(20)29(26,27)19-8-7-17-4-1-2-5-18(17)16-19/h1-2,4-5,7-8,16,20H,3,6,9-15H2,(H,22,25). The van der Waals surface area contributed by atoms with Crippen LogP contribution >= 0.6 is 0 Å². The fraction of sp³-hybridized carbons (Fsp3) is 0.476. The molecule has 2 heterocycles. The van der Waals surface area contributed by atoms with Gasteiger partial charge in [-0.3, -0.25) is 9.69 Å². The highest BCUT2D eigenvalue weighted by atomic mass is 32.2. The van der Waals surface area contributed by atoms with Crippen molar-refractivity contribution in [3.63, 3.8) is 0 Å². The Morgan fingerprint density at radius 3 is 2.62 bits per heavy atom.